The second kappa shape index (κ2) is 3.97. The molecule has 0 bridgehead atoms. The summed E-state index contributed by atoms with van der Waals surface area (Å²) in [5, 5.41) is 3.42. The van der Waals surface area contributed by atoms with Gasteiger partial charge in [-0.2, -0.15) is 0 Å². The van der Waals surface area contributed by atoms with Crippen molar-refractivity contribution in [2.45, 2.75) is 51.5 Å². The lowest BCUT2D eigenvalue weighted by atomic mass is 9.83. The lowest BCUT2D eigenvalue weighted by molar-refractivity contribution is 0.279. The molecule has 0 saturated heterocycles. The van der Waals surface area contributed by atoms with Crippen molar-refractivity contribution in [1.29, 1.82) is 0 Å². The number of nitrogens with one attached hydrogen (secondary N) is 1. The van der Waals surface area contributed by atoms with E-state index in [0.717, 1.165) is 6.54 Å². The van der Waals surface area contributed by atoms with Gasteiger partial charge in [0, 0.05) is 12.1 Å². The second-order valence-electron chi connectivity index (χ2n) is 5.25. The predicted octanol–water partition coefficient (Wildman–Crippen LogP) is 1.89. The molecular formula is C11H24N2. The van der Waals surface area contributed by atoms with Crippen LogP contribution in [0.25, 0.3) is 0 Å². The molecular weight excluding hydrogens is 160 g/mol. The van der Waals surface area contributed by atoms with Crippen LogP contribution in [0.2, 0.25) is 0 Å². The first kappa shape index (κ1) is 11.0. The maximum Gasteiger partial charge on any atom is 0.0301 e. The van der Waals surface area contributed by atoms with E-state index in [9.17, 15) is 0 Å². The van der Waals surface area contributed by atoms with Crippen molar-refractivity contribution < 1.29 is 0 Å². The van der Waals surface area contributed by atoms with Crippen LogP contribution in [0, 0.1) is 5.41 Å². The highest BCUT2D eigenvalue weighted by Gasteiger charge is 2.32. The lowest BCUT2D eigenvalue weighted by Crippen LogP contribution is -2.49. The Labute approximate surface area is 82.3 Å². The summed E-state index contributed by atoms with van der Waals surface area (Å²) >= 11 is 0. The largest absolute Gasteiger partial charge is 0.329 e. The third kappa shape index (κ3) is 2.68. The number of hydrogen-bond acceptors (Lipinski definition) is 2. The van der Waals surface area contributed by atoms with E-state index in [4.69, 9.17) is 5.73 Å². The zero-order chi connectivity index (χ0) is 9.95. The average Bonchev–Trinajstić information content (AvgIpc) is 2.25. The fourth-order valence-electron chi connectivity index (χ4n) is 2.29. The molecule has 13 heavy (non-hydrogen) atoms. The fraction of sp³-hybridized carbons (Fsp3) is 1.00. The van der Waals surface area contributed by atoms with Gasteiger partial charge < -0.3 is 11.1 Å². The first-order chi connectivity index (χ1) is 6.04. The molecule has 1 saturated carbocycles. The van der Waals surface area contributed by atoms with Crippen LogP contribution in [-0.4, -0.2) is 19.1 Å². The van der Waals surface area contributed by atoms with Gasteiger partial charge in [-0.3, -0.25) is 0 Å². The van der Waals surface area contributed by atoms with Crippen LogP contribution in [0.3, 0.4) is 0 Å². The van der Waals surface area contributed by atoms with Crippen molar-refractivity contribution in [3.63, 3.8) is 0 Å². The Hall–Kier alpha value is -0.0800. The van der Waals surface area contributed by atoms with E-state index >= 15 is 0 Å². The molecule has 0 radical (unpaired) electrons. The summed E-state index contributed by atoms with van der Waals surface area (Å²) in [5.41, 5.74) is 6.60. The predicted molar refractivity (Wildman–Crippen MR) is 57.7 cm³/mol. The standard InChI is InChI=1S/C11H24N2/c1-10(2)5-4-6-11(9-12,13-3)8-7-10/h13H,4-9,12H2,1-3H3. The molecule has 1 aliphatic rings. The van der Waals surface area contributed by atoms with Crippen molar-refractivity contribution in [1.82, 2.24) is 5.32 Å². The van der Waals surface area contributed by atoms with E-state index in [1.807, 2.05) is 7.05 Å². The van der Waals surface area contributed by atoms with Gasteiger partial charge in [-0.05, 0) is 38.1 Å². The lowest BCUT2D eigenvalue weighted by Gasteiger charge is -2.31. The Morgan fingerprint density at radius 1 is 1.15 bits per heavy atom. The minimum Gasteiger partial charge on any atom is -0.329 e. The smallest absolute Gasteiger partial charge is 0.0301 e. The molecule has 1 aliphatic carbocycles. The zero-order valence-corrected chi connectivity index (χ0v) is 9.32. The van der Waals surface area contributed by atoms with E-state index in [-0.39, 0.29) is 5.54 Å². The third-order valence-electron chi connectivity index (χ3n) is 3.71. The first-order valence-corrected chi connectivity index (χ1v) is 5.43. The molecule has 1 atom stereocenters. The highest BCUT2D eigenvalue weighted by atomic mass is 15.0. The van der Waals surface area contributed by atoms with Crippen LogP contribution in [0.1, 0.15) is 46.0 Å². The number of likely N-dealkylation sites (N-methyl/N-ethyl adjacent to an activating group) is 1. The summed E-state index contributed by atoms with van der Waals surface area (Å²) in [7, 11) is 2.05. The maximum absolute atomic E-state index is 5.84. The van der Waals surface area contributed by atoms with E-state index in [1.54, 1.807) is 0 Å². The van der Waals surface area contributed by atoms with Crippen molar-refractivity contribution in [3.8, 4) is 0 Å². The molecule has 2 heteroatoms. The van der Waals surface area contributed by atoms with E-state index in [1.165, 1.54) is 32.1 Å². The minimum absolute atomic E-state index is 0.230. The maximum atomic E-state index is 5.84. The Morgan fingerprint density at radius 3 is 2.38 bits per heavy atom. The third-order valence-corrected chi connectivity index (χ3v) is 3.71. The molecule has 1 unspecified atom stereocenters. The SMILES string of the molecule is CNC1(CN)CCCC(C)(C)CC1. The van der Waals surface area contributed by atoms with Gasteiger partial charge in [0.05, 0.1) is 0 Å². The molecule has 2 nitrogen and oxygen atoms in total. The van der Waals surface area contributed by atoms with Gasteiger partial charge in [0.25, 0.3) is 0 Å². The topological polar surface area (TPSA) is 38.0 Å². The van der Waals surface area contributed by atoms with Crippen molar-refractivity contribution in [3.05, 3.63) is 0 Å². The Morgan fingerprint density at radius 2 is 1.85 bits per heavy atom. The molecule has 0 aromatic carbocycles. The summed E-state index contributed by atoms with van der Waals surface area (Å²) in [5.74, 6) is 0. The molecule has 1 fully saturated rings. The molecule has 0 aliphatic heterocycles. The van der Waals surface area contributed by atoms with Crippen molar-refractivity contribution in [2.75, 3.05) is 13.6 Å². The molecule has 1 rings (SSSR count). The molecule has 0 amide bonds. The van der Waals surface area contributed by atoms with Gasteiger partial charge in [-0.25, -0.2) is 0 Å². The average molecular weight is 184 g/mol. The molecule has 3 N–H and O–H groups in total. The fourth-order valence-corrected chi connectivity index (χ4v) is 2.29. The molecule has 78 valence electrons. The second-order valence-corrected chi connectivity index (χ2v) is 5.25. The van der Waals surface area contributed by atoms with Gasteiger partial charge >= 0.3 is 0 Å². The number of nitrogens with two attached hydrogens (primary N) is 1. The normalized spacial score (nSPS) is 34.2. The molecule has 0 heterocycles. The Bertz CT molecular complexity index is 159. The molecule has 0 aromatic rings. The Balaban J connectivity index is 2.62. The van der Waals surface area contributed by atoms with Crippen LogP contribution in [0.4, 0.5) is 0 Å². The molecule has 0 aromatic heterocycles. The van der Waals surface area contributed by atoms with Crippen LogP contribution in [0.5, 0.6) is 0 Å². The van der Waals surface area contributed by atoms with E-state index in [2.05, 4.69) is 19.2 Å². The van der Waals surface area contributed by atoms with Crippen LogP contribution >= 0.6 is 0 Å². The first-order valence-electron chi connectivity index (χ1n) is 5.43. The zero-order valence-electron chi connectivity index (χ0n) is 9.32. The minimum atomic E-state index is 0.230. The van der Waals surface area contributed by atoms with Crippen LogP contribution < -0.4 is 11.1 Å². The van der Waals surface area contributed by atoms with Crippen molar-refractivity contribution in [2.24, 2.45) is 11.1 Å². The van der Waals surface area contributed by atoms with E-state index in [0.29, 0.717) is 5.41 Å². The Kier molecular flexibility index (Phi) is 3.36. The van der Waals surface area contributed by atoms with Gasteiger partial charge in [-0.15, -0.1) is 0 Å². The summed E-state index contributed by atoms with van der Waals surface area (Å²) in [6.45, 7) is 5.52. The highest BCUT2D eigenvalue weighted by Crippen LogP contribution is 2.37. The quantitative estimate of drug-likeness (QED) is 0.643. The summed E-state index contributed by atoms with van der Waals surface area (Å²) in [6, 6.07) is 0. The van der Waals surface area contributed by atoms with Crippen LogP contribution in [0.15, 0.2) is 0 Å². The van der Waals surface area contributed by atoms with E-state index < -0.39 is 0 Å². The van der Waals surface area contributed by atoms with Gasteiger partial charge in [0.2, 0.25) is 0 Å². The van der Waals surface area contributed by atoms with Gasteiger partial charge in [0.15, 0.2) is 0 Å². The number of hydrogen-bond donors (Lipinski definition) is 2. The van der Waals surface area contributed by atoms with Gasteiger partial charge in [-0.1, -0.05) is 20.3 Å². The summed E-state index contributed by atoms with van der Waals surface area (Å²) in [6.07, 6.45) is 6.42. The number of rotatable bonds is 2. The summed E-state index contributed by atoms with van der Waals surface area (Å²) < 4.78 is 0. The van der Waals surface area contributed by atoms with Crippen molar-refractivity contribution >= 4 is 0 Å². The monoisotopic (exact) mass is 184 g/mol. The highest BCUT2D eigenvalue weighted by molar-refractivity contribution is 4.92. The van der Waals surface area contributed by atoms with Crippen LogP contribution in [-0.2, 0) is 0 Å². The summed E-state index contributed by atoms with van der Waals surface area (Å²) in [4.78, 5) is 0. The molecule has 0 spiro atoms. The van der Waals surface area contributed by atoms with Gasteiger partial charge in [0.1, 0.15) is 0 Å².